The highest BCUT2D eigenvalue weighted by molar-refractivity contribution is 7.69. The van der Waals surface area contributed by atoms with Crippen molar-refractivity contribution in [3.05, 3.63) is 78.4 Å². The van der Waals surface area contributed by atoms with E-state index in [4.69, 9.17) is 4.84 Å². The summed E-state index contributed by atoms with van der Waals surface area (Å²) in [5, 5.41) is 0.859. The van der Waals surface area contributed by atoms with Gasteiger partial charge in [-0.05, 0) is 12.5 Å². The Morgan fingerprint density at radius 2 is 1.70 bits per heavy atom. The molecule has 4 rings (SSSR count). The number of benzene rings is 2. The lowest BCUT2D eigenvalue weighted by atomic mass is 10.2. The molecule has 23 heavy (non-hydrogen) atoms. The predicted octanol–water partition coefficient (Wildman–Crippen LogP) is 4.30. The largest absolute Gasteiger partial charge is 0.299 e. The Labute approximate surface area is 137 Å². The molecule has 1 fully saturated rings. The van der Waals surface area contributed by atoms with Gasteiger partial charge in [0, 0.05) is 11.7 Å². The first-order chi connectivity index (χ1) is 11.2. The molecular weight excluding hydrogens is 305 g/mol. The maximum absolute atomic E-state index is 14.3. The third-order valence-electron chi connectivity index (χ3n) is 4.77. The van der Waals surface area contributed by atoms with E-state index in [1.165, 1.54) is 0 Å². The van der Waals surface area contributed by atoms with Gasteiger partial charge in [-0.3, -0.25) is 9.40 Å². The van der Waals surface area contributed by atoms with Gasteiger partial charge in [0.1, 0.15) is 0 Å². The minimum Gasteiger partial charge on any atom is -0.299 e. The normalized spacial score (nSPS) is 27.0. The van der Waals surface area contributed by atoms with Gasteiger partial charge in [0.05, 0.1) is 17.8 Å². The minimum absolute atomic E-state index is 0.0695. The number of hydrogen-bond acceptors (Lipinski definition) is 2. The molecule has 0 N–H and O–H groups in total. The van der Waals surface area contributed by atoms with Crippen LogP contribution < -0.4 is 5.30 Å². The molecule has 0 amide bonds. The summed E-state index contributed by atoms with van der Waals surface area (Å²) < 4.78 is 14.3. The Morgan fingerprint density at radius 1 is 1.04 bits per heavy atom. The van der Waals surface area contributed by atoms with E-state index in [2.05, 4.69) is 12.2 Å². The zero-order chi connectivity index (χ0) is 15.9. The fraction of sp³-hybridized carbons (Fsp3) is 0.263. The Hall–Kier alpha value is -1.67. The van der Waals surface area contributed by atoms with Crippen LogP contribution in [0.4, 0.5) is 0 Å². The van der Waals surface area contributed by atoms with Crippen molar-refractivity contribution in [2.24, 2.45) is 0 Å². The van der Waals surface area contributed by atoms with Gasteiger partial charge in [0.2, 0.25) is 7.29 Å². The highest BCUT2D eigenvalue weighted by atomic mass is 31.2. The fourth-order valence-corrected chi connectivity index (χ4v) is 6.54. The Kier molecular flexibility index (Phi) is 3.73. The van der Waals surface area contributed by atoms with Crippen LogP contribution in [0.15, 0.2) is 72.8 Å². The lowest BCUT2D eigenvalue weighted by Crippen LogP contribution is -2.32. The topological polar surface area (TPSA) is 29.5 Å². The fourth-order valence-electron chi connectivity index (χ4n) is 3.48. The smallest absolute Gasteiger partial charge is 0.208 e. The van der Waals surface area contributed by atoms with E-state index < -0.39 is 7.29 Å². The number of hydrogen-bond donors (Lipinski definition) is 0. The molecule has 1 saturated heterocycles. The molecule has 2 aromatic carbocycles. The molecule has 1 aliphatic carbocycles. The van der Waals surface area contributed by atoms with Gasteiger partial charge in [-0.25, -0.2) is 0 Å². The van der Waals surface area contributed by atoms with Gasteiger partial charge in [-0.15, -0.1) is 4.83 Å². The van der Waals surface area contributed by atoms with Crippen LogP contribution in [-0.2, 0) is 9.40 Å². The van der Waals surface area contributed by atoms with E-state index in [0.29, 0.717) is 0 Å². The second kappa shape index (κ2) is 5.76. The standard InChI is InChI=1S/C19H20NO2P/c1-15(16-8-4-2-5-9-16)23(21,19-10-6-3-7-11-19)20-17-12-13-18(14-17)22-20/h2-13,15,17-18H,14H2,1H3/t15-,17+,18-,23+/m0/s1. The van der Waals surface area contributed by atoms with E-state index in [1.54, 1.807) is 4.83 Å². The molecular formula is C19H20NO2P. The van der Waals surface area contributed by atoms with Gasteiger partial charge in [-0.2, -0.15) is 0 Å². The van der Waals surface area contributed by atoms with Crippen LogP contribution in [0.1, 0.15) is 24.6 Å². The van der Waals surface area contributed by atoms with Crippen molar-refractivity contribution in [2.75, 3.05) is 0 Å². The third kappa shape index (κ3) is 2.40. The Morgan fingerprint density at radius 3 is 2.26 bits per heavy atom. The summed E-state index contributed by atoms with van der Waals surface area (Å²) in [6.45, 7) is 2.04. The highest BCUT2D eigenvalue weighted by Crippen LogP contribution is 2.64. The average Bonchev–Trinajstić information content (AvgIpc) is 3.25. The highest BCUT2D eigenvalue weighted by Gasteiger charge is 2.49. The summed E-state index contributed by atoms with van der Waals surface area (Å²) in [5.74, 6) is 0. The second-order valence-electron chi connectivity index (χ2n) is 6.18. The van der Waals surface area contributed by atoms with Crippen molar-refractivity contribution in [2.45, 2.75) is 31.1 Å². The summed E-state index contributed by atoms with van der Waals surface area (Å²) in [7, 11) is -2.91. The summed E-state index contributed by atoms with van der Waals surface area (Å²) in [5.41, 5.74) is 0.953. The van der Waals surface area contributed by atoms with Crippen molar-refractivity contribution in [3.63, 3.8) is 0 Å². The SMILES string of the molecule is C[C@@H](c1ccccc1)[P@@](=O)(c1ccccc1)N1O[C@H]2C=C[C@@H]1C2. The molecule has 2 bridgehead atoms. The quantitative estimate of drug-likeness (QED) is 0.620. The molecule has 2 aromatic rings. The molecule has 4 atom stereocenters. The molecule has 4 heteroatoms. The van der Waals surface area contributed by atoms with Crippen molar-refractivity contribution in [3.8, 4) is 0 Å². The van der Waals surface area contributed by atoms with E-state index in [0.717, 1.165) is 17.3 Å². The van der Waals surface area contributed by atoms with Crippen LogP contribution >= 0.6 is 7.29 Å². The van der Waals surface area contributed by atoms with Gasteiger partial charge in [0.15, 0.2) is 0 Å². The molecule has 2 aliphatic rings. The number of rotatable bonds is 4. The van der Waals surface area contributed by atoms with Crippen LogP contribution in [0.25, 0.3) is 0 Å². The number of hydroxylamine groups is 1. The lowest BCUT2D eigenvalue weighted by Gasteiger charge is -2.36. The summed E-state index contributed by atoms with van der Waals surface area (Å²) in [6, 6.07) is 20.0. The first-order valence-electron chi connectivity index (χ1n) is 8.04. The van der Waals surface area contributed by atoms with Crippen molar-refractivity contribution >= 4 is 12.6 Å². The number of fused-ring (bicyclic) bond motifs is 2. The van der Waals surface area contributed by atoms with Crippen LogP contribution in [-0.4, -0.2) is 17.0 Å². The first kappa shape index (κ1) is 14.9. The first-order valence-corrected chi connectivity index (χ1v) is 9.77. The Balaban J connectivity index is 1.82. The molecule has 1 heterocycles. The third-order valence-corrected chi connectivity index (χ3v) is 8.14. The number of nitrogens with zero attached hydrogens (tertiary/aromatic N) is 1. The molecule has 0 aromatic heterocycles. The van der Waals surface area contributed by atoms with E-state index in [-0.39, 0.29) is 17.8 Å². The zero-order valence-electron chi connectivity index (χ0n) is 13.1. The van der Waals surface area contributed by atoms with Gasteiger partial charge in [-0.1, -0.05) is 72.8 Å². The zero-order valence-corrected chi connectivity index (χ0v) is 14.0. The molecule has 0 radical (unpaired) electrons. The van der Waals surface area contributed by atoms with Crippen LogP contribution in [0.2, 0.25) is 0 Å². The summed E-state index contributed by atoms with van der Waals surface area (Å²) >= 11 is 0. The molecule has 3 nitrogen and oxygen atoms in total. The van der Waals surface area contributed by atoms with E-state index in [1.807, 2.05) is 67.6 Å². The lowest BCUT2D eigenvalue weighted by molar-refractivity contribution is -0.0769. The maximum Gasteiger partial charge on any atom is 0.208 e. The second-order valence-corrected chi connectivity index (χ2v) is 9.11. The van der Waals surface area contributed by atoms with Gasteiger partial charge in [0.25, 0.3) is 0 Å². The summed E-state index contributed by atoms with van der Waals surface area (Å²) in [6.07, 6.45) is 5.17. The van der Waals surface area contributed by atoms with Crippen molar-refractivity contribution in [1.29, 1.82) is 0 Å². The van der Waals surface area contributed by atoms with E-state index in [9.17, 15) is 4.57 Å². The molecule has 0 saturated carbocycles. The van der Waals surface area contributed by atoms with Crippen LogP contribution in [0.5, 0.6) is 0 Å². The molecule has 0 spiro atoms. The monoisotopic (exact) mass is 325 g/mol. The average molecular weight is 325 g/mol. The molecule has 118 valence electrons. The van der Waals surface area contributed by atoms with Crippen LogP contribution in [0.3, 0.4) is 0 Å². The summed E-state index contributed by atoms with van der Waals surface area (Å²) in [4.78, 5) is 7.80. The predicted molar refractivity (Wildman–Crippen MR) is 92.8 cm³/mol. The van der Waals surface area contributed by atoms with Crippen molar-refractivity contribution < 1.29 is 9.40 Å². The van der Waals surface area contributed by atoms with Gasteiger partial charge >= 0.3 is 0 Å². The van der Waals surface area contributed by atoms with Crippen LogP contribution in [0, 0.1) is 0 Å². The molecule has 1 aliphatic heterocycles. The molecule has 0 unspecified atom stereocenters. The Bertz CT molecular complexity index is 759. The van der Waals surface area contributed by atoms with E-state index >= 15 is 0 Å². The van der Waals surface area contributed by atoms with Crippen molar-refractivity contribution in [1.82, 2.24) is 4.83 Å². The van der Waals surface area contributed by atoms with Gasteiger partial charge < -0.3 is 0 Å². The minimum atomic E-state index is -2.91. The maximum atomic E-state index is 14.3.